The average Bonchev–Trinajstić information content (AvgIpc) is 2.85. The number of aromatic nitrogens is 1. The molecule has 3 nitrogen and oxygen atoms in total. The lowest BCUT2D eigenvalue weighted by Gasteiger charge is -2.10. The first kappa shape index (κ1) is 16.1. The molecule has 2 aromatic carbocycles. The highest BCUT2D eigenvalue weighted by Crippen LogP contribution is 2.32. The minimum Gasteiger partial charge on any atom is -0.477 e. The van der Waals surface area contributed by atoms with Crippen LogP contribution in [0.25, 0.3) is 10.9 Å². The van der Waals surface area contributed by atoms with Crippen molar-refractivity contribution in [3.8, 4) is 0 Å². The van der Waals surface area contributed by atoms with Crippen LogP contribution in [0.5, 0.6) is 0 Å². The van der Waals surface area contributed by atoms with Gasteiger partial charge in [0.1, 0.15) is 5.69 Å². The van der Waals surface area contributed by atoms with Crippen LogP contribution in [0.3, 0.4) is 0 Å². The van der Waals surface area contributed by atoms with E-state index in [1.807, 2.05) is 31.2 Å². The van der Waals surface area contributed by atoms with Crippen LogP contribution in [-0.4, -0.2) is 15.6 Å². The van der Waals surface area contributed by atoms with Crippen molar-refractivity contribution in [2.24, 2.45) is 0 Å². The number of carbonyl (C=O) groups is 1. The number of nitrogens with zero attached hydrogens (tertiary/aromatic N) is 1. The van der Waals surface area contributed by atoms with Gasteiger partial charge in [0.25, 0.3) is 0 Å². The lowest BCUT2D eigenvalue weighted by atomic mass is 10.1. The van der Waals surface area contributed by atoms with E-state index in [4.69, 9.17) is 0 Å². The number of hydrogen-bond acceptors (Lipinski definition) is 1. The number of carboxylic acids is 1. The Labute approximate surface area is 136 Å². The van der Waals surface area contributed by atoms with Crippen molar-refractivity contribution in [1.29, 1.82) is 0 Å². The number of aromatic carboxylic acids is 1. The van der Waals surface area contributed by atoms with E-state index in [-0.39, 0.29) is 17.6 Å². The average molecular weight is 333 g/mol. The predicted octanol–water partition coefficient (Wildman–Crippen LogP) is 4.72. The van der Waals surface area contributed by atoms with Crippen molar-refractivity contribution < 1.29 is 23.1 Å². The Balaban J connectivity index is 2.14. The summed E-state index contributed by atoms with van der Waals surface area (Å²) >= 11 is 0. The summed E-state index contributed by atoms with van der Waals surface area (Å²) in [6.45, 7) is 2.20. The van der Waals surface area contributed by atoms with Crippen LogP contribution in [0, 0.1) is 6.92 Å². The SMILES string of the molecule is Cc1cccc(Cn2c(C(=O)O)cc3cc(C(F)(F)F)ccc32)c1. The van der Waals surface area contributed by atoms with Crippen LogP contribution >= 0.6 is 0 Å². The van der Waals surface area contributed by atoms with E-state index in [9.17, 15) is 23.1 Å². The fourth-order valence-electron chi connectivity index (χ4n) is 2.79. The van der Waals surface area contributed by atoms with Crippen molar-refractivity contribution in [3.05, 3.63) is 70.9 Å². The highest BCUT2D eigenvalue weighted by Gasteiger charge is 2.31. The summed E-state index contributed by atoms with van der Waals surface area (Å²) in [5.41, 5.74) is 1.54. The maximum atomic E-state index is 12.8. The third-order valence-electron chi connectivity index (χ3n) is 3.87. The zero-order valence-electron chi connectivity index (χ0n) is 12.8. The molecule has 1 N–H and O–H groups in total. The summed E-state index contributed by atoms with van der Waals surface area (Å²) in [5, 5.41) is 9.64. The monoisotopic (exact) mass is 333 g/mol. The maximum absolute atomic E-state index is 12.8. The molecule has 0 aliphatic rings. The van der Waals surface area contributed by atoms with Crippen LogP contribution in [0.4, 0.5) is 13.2 Å². The van der Waals surface area contributed by atoms with E-state index in [0.29, 0.717) is 5.52 Å². The van der Waals surface area contributed by atoms with Crippen LogP contribution in [0.1, 0.15) is 27.2 Å². The van der Waals surface area contributed by atoms with Gasteiger partial charge >= 0.3 is 12.1 Å². The van der Waals surface area contributed by atoms with Crippen molar-refractivity contribution in [2.75, 3.05) is 0 Å². The van der Waals surface area contributed by atoms with Gasteiger partial charge in [0.05, 0.1) is 5.56 Å². The molecule has 0 spiro atoms. The van der Waals surface area contributed by atoms with E-state index >= 15 is 0 Å². The van der Waals surface area contributed by atoms with E-state index < -0.39 is 17.7 Å². The highest BCUT2D eigenvalue weighted by molar-refractivity contribution is 5.95. The summed E-state index contributed by atoms with van der Waals surface area (Å²) < 4.78 is 40.1. The molecule has 1 aromatic heterocycles. The molecule has 0 fully saturated rings. The molecule has 0 saturated heterocycles. The minimum atomic E-state index is -4.46. The molecule has 0 aliphatic heterocycles. The molecule has 6 heteroatoms. The fraction of sp³-hybridized carbons (Fsp3) is 0.167. The zero-order chi connectivity index (χ0) is 17.5. The second kappa shape index (κ2) is 5.70. The number of benzene rings is 2. The number of rotatable bonds is 3. The van der Waals surface area contributed by atoms with Gasteiger partial charge in [0, 0.05) is 17.4 Å². The van der Waals surface area contributed by atoms with Crippen molar-refractivity contribution in [1.82, 2.24) is 4.57 Å². The van der Waals surface area contributed by atoms with Crippen molar-refractivity contribution in [2.45, 2.75) is 19.6 Å². The largest absolute Gasteiger partial charge is 0.477 e. The van der Waals surface area contributed by atoms with E-state index in [2.05, 4.69) is 0 Å². The van der Waals surface area contributed by atoms with E-state index in [1.165, 1.54) is 16.7 Å². The third kappa shape index (κ3) is 2.99. The molecule has 0 unspecified atom stereocenters. The van der Waals surface area contributed by atoms with Gasteiger partial charge < -0.3 is 9.67 Å². The van der Waals surface area contributed by atoms with Gasteiger partial charge in [0.15, 0.2) is 0 Å². The molecule has 0 aliphatic carbocycles. The van der Waals surface area contributed by atoms with E-state index in [1.54, 1.807) is 0 Å². The normalized spacial score (nSPS) is 11.8. The van der Waals surface area contributed by atoms with Gasteiger partial charge in [-0.25, -0.2) is 4.79 Å². The summed E-state index contributed by atoms with van der Waals surface area (Å²) in [7, 11) is 0. The Morgan fingerprint density at radius 3 is 2.50 bits per heavy atom. The Morgan fingerprint density at radius 1 is 1.12 bits per heavy atom. The first-order chi connectivity index (χ1) is 11.3. The molecular weight excluding hydrogens is 319 g/mol. The predicted molar refractivity (Wildman–Crippen MR) is 84.2 cm³/mol. The summed E-state index contributed by atoms with van der Waals surface area (Å²) in [4.78, 5) is 11.5. The van der Waals surface area contributed by atoms with Gasteiger partial charge in [-0.05, 0) is 36.8 Å². The molecule has 3 aromatic rings. The summed E-state index contributed by atoms with van der Waals surface area (Å²) in [6.07, 6.45) is -4.46. The zero-order valence-corrected chi connectivity index (χ0v) is 12.8. The Hall–Kier alpha value is -2.76. The second-order valence-corrected chi connectivity index (χ2v) is 5.68. The third-order valence-corrected chi connectivity index (χ3v) is 3.87. The minimum absolute atomic E-state index is 0.0363. The Kier molecular flexibility index (Phi) is 3.83. The fourth-order valence-corrected chi connectivity index (χ4v) is 2.79. The van der Waals surface area contributed by atoms with Crippen molar-refractivity contribution >= 4 is 16.9 Å². The number of hydrogen-bond donors (Lipinski definition) is 1. The highest BCUT2D eigenvalue weighted by atomic mass is 19.4. The maximum Gasteiger partial charge on any atom is 0.416 e. The van der Waals surface area contributed by atoms with Gasteiger partial charge in [-0.2, -0.15) is 13.2 Å². The standard InChI is InChI=1S/C18H14F3NO2/c1-11-3-2-4-12(7-11)10-22-15-6-5-14(18(19,20)21)8-13(15)9-16(22)17(23)24/h2-9H,10H2,1H3,(H,23,24). The van der Waals surface area contributed by atoms with Crippen LogP contribution in [0.15, 0.2) is 48.5 Å². The summed E-state index contributed by atoms with van der Waals surface area (Å²) in [5.74, 6) is -1.17. The molecule has 0 atom stereocenters. The molecule has 0 amide bonds. The molecular formula is C18H14F3NO2. The van der Waals surface area contributed by atoms with Crippen LogP contribution < -0.4 is 0 Å². The molecule has 124 valence electrons. The van der Waals surface area contributed by atoms with Crippen LogP contribution in [-0.2, 0) is 12.7 Å². The molecule has 24 heavy (non-hydrogen) atoms. The smallest absolute Gasteiger partial charge is 0.416 e. The second-order valence-electron chi connectivity index (χ2n) is 5.68. The number of alkyl halides is 3. The van der Waals surface area contributed by atoms with Crippen LogP contribution in [0.2, 0.25) is 0 Å². The Bertz CT molecular complexity index is 926. The molecule has 0 saturated carbocycles. The first-order valence-corrected chi connectivity index (χ1v) is 7.25. The molecule has 0 bridgehead atoms. The molecule has 3 rings (SSSR count). The quantitative estimate of drug-likeness (QED) is 0.754. The lowest BCUT2D eigenvalue weighted by Crippen LogP contribution is -2.09. The lowest BCUT2D eigenvalue weighted by molar-refractivity contribution is -0.137. The molecule has 0 radical (unpaired) electrons. The number of fused-ring (bicyclic) bond motifs is 1. The number of halogens is 3. The topological polar surface area (TPSA) is 42.2 Å². The number of carboxylic acid groups (broad SMARTS) is 1. The van der Waals surface area contributed by atoms with Gasteiger partial charge in [0.2, 0.25) is 0 Å². The van der Waals surface area contributed by atoms with Gasteiger partial charge in [-0.1, -0.05) is 29.8 Å². The molecule has 1 heterocycles. The van der Waals surface area contributed by atoms with Gasteiger partial charge in [-0.15, -0.1) is 0 Å². The van der Waals surface area contributed by atoms with E-state index in [0.717, 1.165) is 23.3 Å². The van der Waals surface area contributed by atoms with Crippen molar-refractivity contribution in [3.63, 3.8) is 0 Å². The first-order valence-electron chi connectivity index (χ1n) is 7.25. The number of aryl methyl sites for hydroxylation is 1. The van der Waals surface area contributed by atoms with Gasteiger partial charge in [-0.3, -0.25) is 0 Å². The summed E-state index contributed by atoms with van der Waals surface area (Å²) in [6, 6.07) is 12.1. The Morgan fingerprint density at radius 2 is 1.88 bits per heavy atom.